The summed E-state index contributed by atoms with van der Waals surface area (Å²) in [6.07, 6.45) is -2.41. The van der Waals surface area contributed by atoms with Gasteiger partial charge in [0, 0.05) is 18.8 Å². The monoisotopic (exact) mass is 507 g/mol. The molecule has 5 unspecified atom stereocenters. The van der Waals surface area contributed by atoms with E-state index in [1.807, 2.05) is 44.2 Å². The summed E-state index contributed by atoms with van der Waals surface area (Å²) in [5.74, 6) is 1.33. The van der Waals surface area contributed by atoms with Crippen molar-refractivity contribution in [2.45, 2.75) is 49.3 Å². The van der Waals surface area contributed by atoms with Crippen LogP contribution < -0.4 is 4.90 Å². The zero-order valence-corrected chi connectivity index (χ0v) is 20.4. The van der Waals surface area contributed by atoms with E-state index < -0.39 is 32.4 Å². The lowest BCUT2D eigenvalue weighted by Crippen LogP contribution is -2.39. The fourth-order valence-corrected chi connectivity index (χ4v) is 6.17. The van der Waals surface area contributed by atoms with E-state index in [4.69, 9.17) is 18.8 Å². The Kier molecular flexibility index (Phi) is 6.64. The summed E-state index contributed by atoms with van der Waals surface area (Å²) in [7, 11) is -4.24. The molecule has 2 N–H and O–H groups in total. The second kappa shape index (κ2) is 9.54. The molecule has 13 heteroatoms. The minimum Gasteiger partial charge on any atom is -0.386 e. The van der Waals surface area contributed by atoms with Crippen LogP contribution in [0.2, 0.25) is 0 Å². The first-order valence-corrected chi connectivity index (χ1v) is 13.5. The van der Waals surface area contributed by atoms with Crippen LogP contribution in [0.3, 0.4) is 0 Å². The third-order valence-corrected chi connectivity index (χ3v) is 7.93. The molecule has 182 valence electrons. The van der Waals surface area contributed by atoms with Gasteiger partial charge in [0.2, 0.25) is 0 Å². The molecule has 2 aliphatic rings. The number of benzene rings is 1. The molecule has 1 aromatic carbocycles. The molecular formula is C21H26N5O6PS. The van der Waals surface area contributed by atoms with Gasteiger partial charge in [0.1, 0.15) is 24.6 Å². The number of rotatable bonds is 7. The smallest absolute Gasteiger partial charge is 0.386 e. The summed E-state index contributed by atoms with van der Waals surface area (Å²) in [5.41, 5.74) is 2.21. The van der Waals surface area contributed by atoms with Crippen molar-refractivity contribution < 1.29 is 28.3 Å². The van der Waals surface area contributed by atoms with Crippen LogP contribution in [0.4, 0.5) is 5.82 Å². The van der Waals surface area contributed by atoms with E-state index in [1.165, 1.54) is 18.1 Å². The van der Waals surface area contributed by atoms with Gasteiger partial charge in [-0.3, -0.25) is 13.6 Å². The second-order valence-electron chi connectivity index (χ2n) is 7.97. The first-order valence-electron chi connectivity index (χ1n) is 11.1. The Hall–Kier alpha value is -2.05. The number of hydrogen-bond donors (Lipinski definition) is 2. The first kappa shape index (κ1) is 23.7. The number of thioether (sulfide) groups is 1. The summed E-state index contributed by atoms with van der Waals surface area (Å²) in [5, 5.41) is 11.7. The molecule has 4 heterocycles. The molecule has 3 aromatic rings. The topological polar surface area (TPSA) is 132 Å². The maximum Gasteiger partial charge on any atom is 0.472 e. The molecular weight excluding hydrogens is 481 g/mol. The van der Waals surface area contributed by atoms with Crippen molar-refractivity contribution >= 4 is 36.6 Å². The molecule has 0 bridgehead atoms. The van der Waals surface area contributed by atoms with Crippen LogP contribution in [-0.4, -0.2) is 67.5 Å². The van der Waals surface area contributed by atoms with Gasteiger partial charge in [0.15, 0.2) is 28.4 Å². The summed E-state index contributed by atoms with van der Waals surface area (Å²) in [6, 6.07) is 9.96. The normalized spacial score (nSPS) is 28.8. The van der Waals surface area contributed by atoms with Crippen LogP contribution in [0.5, 0.6) is 0 Å². The van der Waals surface area contributed by atoms with Crippen molar-refractivity contribution in [2.75, 3.05) is 24.6 Å². The average molecular weight is 508 g/mol. The molecule has 11 nitrogen and oxygen atoms in total. The van der Waals surface area contributed by atoms with Crippen molar-refractivity contribution in [3.05, 3.63) is 42.2 Å². The maximum atomic E-state index is 11.9. The highest BCUT2D eigenvalue weighted by Crippen LogP contribution is 2.53. The summed E-state index contributed by atoms with van der Waals surface area (Å²) in [4.78, 5) is 25.6. The Bertz CT molecular complexity index is 1210. The van der Waals surface area contributed by atoms with Gasteiger partial charge >= 0.3 is 7.82 Å². The van der Waals surface area contributed by atoms with Gasteiger partial charge in [-0.05, 0) is 19.4 Å². The zero-order chi connectivity index (χ0) is 23.9. The molecule has 5 atom stereocenters. The number of ether oxygens (including phenoxy) is 1. The van der Waals surface area contributed by atoms with Gasteiger partial charge in [-0.2, -0.15) is 0 Å². The number of phosphoric ester groups is 1. The van der Waals surface area contributed by atoms with E-state index in [0.717, 1.165) is 18.7 Å². The van der Waals surface area contributed by atoms with Crippen molar-refractivity contribution in [2.24, 2.45) is 0 Å². The van der Waals surface area contributed by atoms with E-state index in [0.29, 0.717) is 27.9 Å². The highest BCUT2D eigenvalue weighted by molar-refractivity contribution is 7.98. The molecule has 5 rings (SSSR count). The zero-order valence-electron chi connectivity index (χ0n) is 18.7. The standard InChI is InChI=1S/C21H26N5O6PS/c1-3-25(4-2)18-15-19(23-12-22-18)26(21(24-15)34-11-13-8-6-5-7-9-13)20-16(27)17-14(31-20)10-30-33(28,29)32-17/h5-9,12,14,16-17,20,27H,3-4,10-11H2,1-2H3,(H,28,29). The number of imidazole rings is 1. The number of phosphoric acid groups is 1. The van der Waals surface area contributed by atoms with Crippen LogP contribution in [0.25, 0.3) is 11.2 Å². The predicted octanol–water partition coefficient (Wildman–Crippen LogP) is 2.74. The van der Waals surface area contributed by atoms with Crippen molar-refractivity contribution in [3.8, 4) is 0 Å². The molecule has 0 spiro atoms. The first-order chi connectivity index (χ1) is 16.4. The average Bonchev–Trinajstić information content (AvgIpc) is 3.36. The lowest BCUT2D eigenvalue weighted by molar-refractivity contribution is -0.0684. The number of nitrogens with zero attached hydrogens (tertiary/aromatic N) is 5. The quantitative estimate of drug-likeness (QED) is 0.361. The minimum atomic E-state index is -4.24. The fourth-order valence-electron chi connectivity index (χ4n) is 4.23. The van der Waals surface area contributed by atoms with Gasteiger partial charge in [-0.1, -0.05) is 42.1 Å². The molecule has 0 aliphatic carbocycles. The van der Waals surface area contributed by atoms with E-state index >= 15 is 0 Å². The lowest BCUT2D eigenvalue weighted by Gasteiger charge is -2.27. The van der Waals surface area contributed by atoms with Crippen LogP contribution in [0.1, 0.15) is 25.6 Å². The molecule has 2 aliphatic heterocycles. The van der Waals surface area contributed by atoms with Crippen molar-refractivity contribution in [1.82, 2.24) is 19.5 Å². The number of anilines is 1. The molecule has 2 saturated heterocycles. The molecule has 0 saturated carbocycles. The van der Waals surface area contributed by atoms with Gasteiger partial charge < -0.3 is 19.6 Å². The Morgan fingerprint density at radius 3 is 2.74 bits per heavy atom. The lowest BCUT2D eigenvalue weighted by atomic mass is 10.1. The van der Waals surface area contributed by atoms with Crippen molar-refractivity contribution in [3.63, 3.8) is 0 Å². The molecule has 2 fully saturated rings. The third kappa shape index (κ3) is 4.35. The van der Waals surface area contributed by atoms with Crippen molar-refractivity contribution in [1.29, 1.82) is 0 Å². The number of aliphatic hydroxyl groups excluding tert-OH is 1. The maximum absolute atomic E-state index is 11.9. The Labute approximate surface area is 200 Å². The van der Waals surface area contributed by atoms with Crippen LogP contribution in [0.15, 0.2) is 41.8 Å². The summed E-state index contributed by atoms with van der Waals surface area (Å²) in [6.45, 7) is 5.40. The van der Waals surface area contributed by atoms with Crippen LogP contribution in [0, 0.1) is 0 Å². The fraction of sp³-hybridized carbons (Fsp3) is 0.476. The molecule has 0 amide bonds. The molecule has 34 heavy (non-hydrogen) atoms. The SMILES string of the molecule is CCN(CC)c1ncnc2c1nc(SCc1ccccc1)n2C1OC2COP(=O)(O)OC2C1O. The van der Waals surface area contributed by atoms with E-state index in [9.17, 15) is 14.6 Å². The number of hydrogen-bond acceptors (Lipinski definition) is 10. The number of aliphatic hydroxyl groups is 1. The predicted molar refractivity (Wildman–Crippen MR) is 125 cm³/mol. The Morgan fingerprint density at radius 1 is 1.24 bits per heavy atom. The van der Waals surface area contributed by atoms with Gasteiger partial charge in [0.25, 0.3) is 0 Å². The molecule has 0 radical (unpaired) electrons. The molecule has 2 aromatic heterocycles. The summed E-state index contributed by atoms with van der Waals surface area (Å²) >= 11 is 1.48. The second-order valence-corrected chi connectivity index (χ2v) is 10.3. The van der Waals surface area contributed by atoms with E-state index in [1.54, 1.807) is 4.57 Å². The van der Waals surface area contributed by atoms with Crippen LogP contribution in [-0.2, 0) is 24.1 Å². The highest BCUT2D eigenvalue weighted by atomic mass is 32.2. The van der Waals surface area contributed by atoms with Crippen LogP contribution >= 0.6 is 19.6 Å². The summed E-state index contributed by atoms with van der Waals surface area (Å²) < 4.78 is 29.8. The minimum absolute atomic E-state index is 0.162. The van der Waals surface area contributed by atoms with E-state index in [-0.39, 0.29) is 6.61 Å². The van der Waals surface area contributed by atoms with E-state index in [2.05, 4.69) is 14.9 Å². The van der Waals surface area contributed by atoms with Gasteiger partial charge in [-0.15, -0.1) is 0 Å². The number of fused-ring (bicyclic) bond motifs is 2. The third-order valence-electron chi connectivity index (χ3n) is 5.92. The largest absolute Gasteiger partial charge is 0.472 e. The Morgan fingerprint density at radius 2 is 2.00 bits per heavy atom. The number of aromatic nitrogens is 4. The van der Waals surface area contributed by atoms with Gasteiger partial charge in [0.05, 0.1) is 6.61 Å². The Balaban J connectivity index is 1.57. The highest BCUT2D eigenvalue weighted by Gasteiger charge is 2.53. The van der Waals surface area contributed by atoms with Gasteiger partial charge in [-0.25, -0.2) is 19.5 Å².